The summed E-state index contributed by atoms with van der Waals surface area (Å²) in [7, 11) is 0. The molecule has 0 aliphatic rings. The highest BCUT2D eigenvalue weighted by atomic mass is 16.1. The number of para-hydroxylation sites is 1. The SMILES string of the molecule is O=c1[nH]c(Cn2ccnc2-c2ccccc2Cn2cccn2)nc2ccccc12. The largest absolute Gasteiger partial charge is 0.323 e. The molecular formula is C22H18N6O. The molecule has 0 aliphatic heterocycles. The number of fused-ring (bicyclic) bond motifs is 1. The Bertz CT molecular complexity index is 1330. The minimum atomic E-state index is -0.133. The molecule has 0 spiro atoms. The molecule has 0 saturated heterocycles. The number of aromatic nitrogens is 6. The zero-order valence-electron chi connectivity index (χ0n) is 15.6. The van der Waals surface area contributed by atoms with Gasteiger partial charge in [-0.05, 0) is 23.8 Å². The Morgan fingerprint density at radius 3 is 2.66 bits per heavy atom. The Kier molecular flexibility index (Phi) is 4.25. The number of hydrogen-bond acceptors (Lipinski definition) is 4. The van der Waals surface area contributed by atoms with Gasteiger partial charge in [-0.25, -0.2) is 9.97 Å². The number of hydrogen-bond donors (Lipinski definition) is 1. The molecule has 0 amide bonds. The predicted octanol–water partition coefficient (Wildman–Crippen LogP) is 3.08. The summed E-state index contributed by atoms with van der Waals surface area (Å²) in [5.74, 6) is 1.42. The van der Waals surface area contributed by atoms with Gasteiger partial charge in [-0.15, -0.1) is 0 Å². The monoisotopic (exact) mass is 382 g/mol. The van der Waals surface area contributed by atoms with Crippen LogP contribution in [0.15, 0.2) is 84.2 Å². The van der Waals surface area contributed by atoms with Gasteiger partial charge in [0.05, 0.1) is 24.0 Å². The summed E-state index contributed by atoms with van der Waals surface area (Å²) < 4.78 is 3.88. The first-order valence-corrected chi connectivity index (χ1v) is 9.33. The number of nitrogens with zero attached hydrogens (tertiary/aromatic N) is 5. The van der Waals surface area contributed by atoms with Gasteiger partial charge in [0.25, 0.3) is 5.56 Å². The Balaban J connectivity index is 1.52. The van der Waals surface area contributed by atoms with Crippen molar-refractivity contribution in [1.29, 1.82) is 0 Å². The van der Waals surface area contributed by atoms with Gasteiger partial charge < -0.3 is 9.55 Å². The van der Waals surface area contributed by atoms with Crippen LogP contribution in [0.4, 0.5) is 0 Å². The fraction of sp³-hybridized carbons (Fsp3) is 0.0909. The molecule has 0 saturated carbocycles. The predicted molar refractivity (Wildman–Crippen MR) is 110 cm³/mol. The lowest BCUT2D eigenvalue weighted by atomic mass is 10.1. The molecule has 0 fully saturated rings. The van der Waals surface area contributed by atoms with E-state index in [1.807, 2.05) is 64.1 Å². The summed E-state index contributed by atoms with van der Waals surface area (Å²) in [6, 6.07) is 17.4. The highest BCUT2D eigenvalue weighted by Gasteiger charge is 2.13. The van der Waals surface area contributed by atoms with Gasteiger partial charge in [-0.3, -0.25) is 9.48 Å². The Morgan fingerprint density at radius 1 is 0.897 bits per heavy atom. The molecule has 3 aromatic heterocycles. The summed E-state index contributed by atoms with van der Waals surface area (Å²) in [5, 5.41) is 4.89. The van der Waals surface area contributed by atoms with Crippen LogP contribution in [0.3, 0.4) is 0 Å². The summed E-state index contributed by atoms with van der Waals surface area (Å²) >= 11 is 0. The lowest BCUT2D eigenvalue weighted by Crippen LogP contribution is -2.15. The second-order valence-electron chi connectivity index (χ2n) is 6.77. The zero-order chi connectivity index (χ0) is 19.6. The van der Waals surface area contributed by atoms with E-state index in [0.717, 1.165) is 17.0 Å². The van der Waals surface area contributed by atoms with E-state index in [4.69, 9.17) is 0 Å². The lowest BCUT2D eigenvalue weighted by Gasteiger charge is -2.12. The van der Waals surface area contributed by atoms with Crippen LogP contribution in [0.1, 0.15) is 11.4 Å². The van der Waals surface area contributed by atoms with Crippen LogP contribution < -0.4 is 5.56 Å². The molecule has 0 unspecified atom stereocenters. The van der Waals surface area contributed by atoms with Crippen LogP contribution in [0.25, 0.3) is 22.3 Å². The first kappa shape index (κ1) is 17.1. The fourth-order valence-corrected chi connectivity index (χ4v) is 3.50. The lowest BCUT2D eigenvalue weighted by molar-refractivity contribution is 0.685. The van der Waals surface area contributed by atoms with Gasteiger partial charge in [0.2, 0.25) is 0 Å². The fourth-order valence-electron chi connectivity index (χ4n) is 3.50. The van der Waals surface area contributed by atoms with E-state index in [2.05, 4.69) is 26.1 Å². The van der Waals surface area contributed by atoms with Crippen LogP contribution in [0, 0.1) is 0 Å². The molecule has 0 aliphatic carbocycles. The molecular weight excluding hydrogens is 364 g/mol. The molecule has 3 heterocycles. The second-order valence-corrected chi connectivity index (χ2v) is 6.77. The maximum atomic E-state index is 12.4. The normalized spacial score (nSPS) is 11.2. The standard InChI is InChI=1S/C22H18N6O/c29-22-18-8-3-4-9-19(18)25-20(26-22)15-27-13-11-23-21(27)17-7-2-1-6-16(17)14-28-12-5-10-24-28/h1-13H,14-15H2,(H,25,26,29). The van der Waals surface area contributed by atoms with Crippen molar-refractivity contribution in [1.82, 2.24) is 29.3 Å². The average Bonchev–Trinajstić information content (AvgIpc) is 3.41. The van der Waals surface area contributed by atoms with E-state index in [-0.39, 0.29) is 5.56 Å². The van der Waals surface area contributed by atoms with Crippen molar-refractivity contribution in [3.63, 3.8) is 0 Å². The molecule has 0 radical (unpaired) electrons. The minimum absolute atomic E-state index is 0.133. The summed E-state index contributed by atoms with van der Waals surface area (Å²) in [5.41, 5.74) is 2.69. The first-order valence-electron chi connectivity index (χ1n) is 9.33. The Labute approximate surface area is 166 Å². The van der Waals surface area contributed by atoms with Crippen molar-refractivity contribution in [2.75, 3.05) is 0 Å². The number of benzene rings is 2. The van der Waals surface area contributed by atoms with E-state index in [9.17, 15) is 4.79 Å². The van der Waals surface area contributed by atoms with Crippen LogP contribution in [-0.2, 0) is 13.1 Å². The van der Waals surface area contributed by atoms with Gasteiger partial charge >= 0.3 is 0 Å². The molecule has 2 aromatic carbocycles. The Hall–Kier alpha value is -4.00. The van der Waals surface area contributed by atoms with Gasteiger partial charge in [-0.2, -0.15) is 5.10 Å². The molecule has 0 atom stereocenters. The third-order valence-electron chi connectivity index (χ3n) is 4.85. The van der Waals surface area contributed by atoms with Crippen molar-refractivity contribution >= 4 is 10.9 Å². The molecule has 5 rings (SSSR count). The summed E-state index contributed by atoms with van der Waals surface area (Å²) in [6.45, 7) is 1.08. The van der Waals surface area contributed by atoms with Crippen molar-refractivity contribution in [2.45, 2.75) is 13.1 Å². The summed E-state index contributed by atoms with van der Waals surface area (Å²) in [4.78, 5) is 24.5. The third-order valence-corrected chi connectivity index (χ3v) is 4.85. The second kappa shape index (κ2) is 7.20. The van der Waals surface area contributed by atoms with Crippen LogP contribution in [0.5, 0.6) is 0 Å². The highest BCUT2D eigenvalue weighted by Crippen LogP contribution is 2.23. The quantitative estimate of drug-likeness (QED) is 0.506. The number of nitrogens with one attached hydrogen (secondary N) is 1. The minimum Gasteiger partial charge on any atom is -0.323 e. The maximum Gasteiger partial charge on any atom is 0.258 e. The third kappa shape index (κ3) is 3.34. The average molecular weight is 382 g/mol. The van der Waals surface area contributed by atoms with Crippen molar-refractivity contribution < 1.29 is 0 Å². The number of aromatic amines is 1. The molecule has 7 heteroatoms. The molecule has 1 N–H and O–H groups in total. The summed E-state index contributed by atoms with van der Waals surface area (Å²) in [6.07, 6.45) is 7.37. The number of rotatable bonds is 5. The van der Waals surface area contributed by atoms with Crippen molar-refractivity contribution in [3.05, 3.63) is 101 Å². The first-order chi connectivity index (χ1) is 14.3. The molecule has 5 aromatic rings. The zero-order valence-corrected chi connectivity index (χ0v) is 15.6. The van der Waals surface area contributed by atoms with E-state index >= 15 is 0 Å². The van der Waals surface area contributed by atoms with E-state index in [1.54, 1.807) is 18.5 Å². The number of imidazole rings is 1. The van der Waals surface area contributed by atoms with E-state index in [1.165, 1.54) is 0 Å². The van der Waals surface area contributed by atoms with Crippen molar-refractivity contribution in [2.24, 2.45) is 0 Å². The molecule has 29 heavy (non-hydrogen) atoms. The van der Waals surface area contributed by atoms with Crippen LogP contribution >= 0.6 is 0 Å². The van der Waals surface area contributed by atoms with E-state index < -0.39 is 0 Å². The van der Waals surface area contributed by atoms with Crippen molar-refractivity contribution in [3.8, 4) is 11.4 Å². The van der Waals surface area contributed by atoms with Crippen LogP contribution in [0.2, 0.25) is 0 Å². The molecule has 0 bridgehead atoms. The molecule has 7 nitrogen and oxygen atoms in total. The Morgan fingerprint density at radius 2 is 1.76 bits per heavy atom. The van der Waals surface area contributed by atoms with Gasteiger partial charge in [0.15, 0.2) is 0 Å². The van der Waals surface area contributed by atoms with E-state index in [0.29, 0.717) is 29.8 Å². The van der Waals surface area contributed by atoms with Crippen LogP contribution in [-0.4, -0.2) is 29.3 Å². The van der Waals surface area contributed by atoms with Gasteiger partial charge in [-0.1, -0.05) is 36.4 Å². The highest BCUT2D eigenvalue weighted by molar-refractivity contribution is 5.77. The topological polar surface area (TPSA) is 81.4 Å². The van der Waals surface area contributed by atoms with Gasteiger partial charge in [0.1, 0.15) is 11.6 Å². The van der Waals surface area contributed by atoms with Gasteiger partial charge in [0, 0.05) is 30.4 Å². The number of H-pyrrole nitrogens is 1. The molecule has 142 valence electrons. The smallest absolute Gasteiger partial charge is 0.258 e. The maximum absolute atomic E-state index is 12.4.